The summed E-state index contributed by atoms with van der Waals surface area (Å²) in [4.78, 5) is 33.8. The number of para-hydroxylation sites is 1. The van der Waals surface area contributed by atoms with Crippen LogP contribution in [-0.4, -0.2) is 42.0 Å². The number of carbonyl (C=O) groups excluding carboxylic acids is 1. The summed E-state index contributed by atoms with van der Waals surface area (Å²) in [6.45, 7) is 2.41. The fourth-order valence-electron chi connectivity index (χ4n) is 3.50. The van der Waals surface area contributed by atoms with E-state index >= 15 is 0 Å². The number of halogens is 1. The Morgan fingerprint density at radius 1 is 1.07 bits per heavy atom. The van der Waals surface area contributed by atoms with Gasteiger partial charge in [-0.05, 0) is 30.3 Å². The van der Waals surface area contributed by atoms with Crippen molar-refractivity contribution in [3.05, 3.63) is 69.0 Å². The van der Waals surface area contributed by atoms with E-state index in [9.17, 15) is 9.59 Å². The van der Waals surface area contributed by atoms with E-state index in [0.29, 0.717) is 31.8 Å². The molecule has 0 bridgehead atoms. The van der Waals surface area contributed by atoms with Crippen LogP contribution in [0, 0.1) is 0 Å². The molecule has 0 N–H and O–H groups in total. The zero-order valence-corrected chi connectivity index (χ0v) is 17.7. The second kappa shape index (κ2) is 7.27. The van der Waals surface area contributed by atoms with Crippen LogP contribution >= 0.6 is 27.3 Å². The lowest BCUT2D eigenvalue weighted by molar-refractivity contribution is 0.0742. The summed E-state index contributed by atoms with van der Waals surface area (Å²) in [6, 6.07) is 14.9. The van der Waals surface area contributed by atoms with Gasteiger partial charge in [0, 0.05) is 36.0 Å². The van der Waals surface area contributed by atoms with Gasteiger partial charge in [0.15, 0.2) is 5.13 Å². The third-order valence-corrected chi connectivity index (χ3v) is 6.62. The smallest absolute Gasteiger partial charge is 0.349 e. The first-order valence-corrected chi connectivity index (χ1v) is 10.8. The van der Waals surface area contributed by atoms with Crippen LogP contribution in [-0.2, 0) is 0 Å². The highest BCUT2D eigenvalue weighted by atomic mass is 79.9. The predicted molar refractivity (Wildman–Crippen MR) is 118 cm³/mol. The van der Waals surface area contributed by atoms with Crippen LogP contribution in [0.2, 0.25) is 0 Å². The quantitative estimate of drug-likeness (QED) is 0.413. The zero-order valence-electron chi connectivity index (χ0n) is 15.3. The number of hydrogen-bond donors (Lipinski definition) is 0. The molecule has 146 valence electrons. The SMILES string of the molecule is O=C(c1cc2ccccc2oc1=O)N1CCN(c2nc3ccc(Br)cc3s2)CC1. The highest BCUT2D eigenvalue weighted by Crippen LogP contribution is 2.31. The topological polar surface area (TPSA) is 66.7 Å². The Morgan fingerprint density at radius 3 is 2.69 bits per heavy atom. The predicted octanol–water partition coefficient (Wildman–Crippen LogP) is 4.13. The van der Waals surface area contributed by atoms with Crippen molar-refractivity contribution in [2.45, 2.75) is 0 Å². The van der Waals surface area contributed by atoms with E-state index in [1.807, 2.05) is 24.3 Å². The molecule has 4 aromatic rings. The van der Waals surface area contributed by atoms with Crippen molar-refractivity contribution in [2.24, 2.45) is 0 Å². The van der Waals surface area contributed by atoms with Gasteiger partial charge in [0.05, 0.1) is 10.2 Å². The number of amides is 1. The van der Waals surface area contributed by atoms with Crippen LogP contribution in [0.3, 0.4) is 0 Å². The van der Waals surface area contributed by atoms with Crippen LogP contribution in [0.1, 0.15) is 10.4 Å². The molecule has 0 atom stereocenters. The Bertz CT molecular complexity index is 1290. The zero-order chi connectivity index (χ0) is 20.0. The monoisotopic (exact) mass is 469 g/mol. The molecule has 1 aliphatic heterocycles. The minimum Gasteiger partial charge on any atom is -0.422 e. The number of fused-ring (bicyclic) bond motifs is 2. The molecule has 0 radical (unpaired) electrons. The van der Waals surface area contributed by atoms with Gasteiger partial charge < -0.3 is 14.2 Å². The summed E-state index contributed by atoms with van der Waals surface area (Å²) in [6.07, 6.45) is 0. The van der Waals surface area contributed by atoms with E-state index in [0.717, 1.165) is 25.2 Å². The maximum atomic E-state index is 12.9. The Hall–Kier alpha value is -2.71. The fraction of sp³-hybridized carbons (Fsp3) is 0.190. The molecule has 5 rings (SSSR count). The maximum Gasteiger partial charge on any atom is 0.349 e. The molecule has 2 aromatic carbocycles. The summed E-state index contributed by atoms with van der Waals surface area (Å²) < 4.78 is 7.47. The van der Waals surface area contributed by atoms with E-state index in [1.54, 1.807) is 34.4 Å². The molecule has 1 aliphatic rings. The molecule has 29 heavy (non-hydrogen) atoms. The number of benzene rings is 2. The number of aromatic nitrogens is 1. The van der Waals surface area contributed by atoms with E-state index in [1.165, 1.54) is 0 Å². The summed E-state index contributed by atoms with van der Waals surface area (Å²) in [5.74, 6) is -0.280. The lowest BCUT2D eigenvalue weighted by atomic mass is 10.1. The van der Waals surface area contributed by atoms with Crippen LogP contribution in [0.5, 0.6) is 0 Å². The molecule has 3 heterocycles. The number of carbonyl (C=O) groups is 1. The van der Waals surface area contributed by atoms with E-state index in [4.69, 9.17) is 9.40 Å². The molecular formula is C21H16BrN3O3S. The molecule has 0 saturated carbocycles. The van der Waals surface area contributed by atoms with Gasteiger partial charge in [-0.15, -0.1) is 0 Å². The number of piperazine rings is 1. The number of anilines is 1. The minimum atomic E-state index is -0.590. The molecule has 1 saturated heterocycles. The maximum absolute atomic E-state index is 12.9. The van der Waals surface area contributed by atoms with E-state index in [-0.39, 0.29) is 11.5 Å². The highest BCUT2D eigenvalue weighted by Gasteiger charge is 2.26. The second-order valence-electron chi connectivity index (χ2n) is 6.87. The molecule has 0 spiro atoms. The van der Waals surface area contributed by atoms with Crippen molar-refractivity contribution in [1.82, 2.24) is 9.88 Å². The lowest BCUT2D eigenvalue weighted by Crippen LogP contribution is -2.49. The summed E-state index contributed by atoms with van der Waals surface area (Å²) in [7, 11) is 0. The number of nitrogens with zero attached hydrogens (tertiary/aromatic N) is 3. The first-order chi connectivity index (χ1) is 14.1. The summed E-state index contributed by atoms with van der Waals surface area (Å²) in [5, 5.41) is 1.70. The minimum absolute atomic E-state index is 0.0852. The summed E-state index contributed by atoms with van der Waals surface area (Å²) in [5.41, 5.74) is 0.955. The Morgan fingerprint density at radius 2 is 1.86 bits per heavy atom. The third-order valence-electron chi connectivity index (χ3n) is 5.05. The highest BCUT2D eigenvalue weighted by molar-refractivity contribution is 9.10. The van der Waals surface area contributed by atoms with E-state index in [2.05, 4.69) is 26.9 Å². The second-order valence-corrected chi connectivity index (χ2v) is 8.80. The Labute approximate surface area is 178 Å². The standard InChI is InChI=1S/C21H16BrN3O3S/c22-14-5-6-16-18(12-14)29-21(23-16)25-9-7-24(8-10-25)19(26)15-11-13-3-1-2-4-17(13)28-20(15)27/h1-6,11-12H,7-10H2. The molecule has 8 heteroatoms. The van der Waals surface area contributed by atoms with Gasteiger partial charge in [0.25, 0.3) is 5.91 Å². The van der Waals surface area contributed by atoms with Crippen LogP contribution in [0.4, 0.5) is 5.13 Å². The Kier molecular flexibility index (Phi) is 4.60. The van der Waals surface area contributed by atoms with Gasteiger partial charge in [-0.3, -0.25) is 4.79 Å². The lowest BCUT2D eigenvalue weighted by Gasteiger charge is -2.34. The molecule has 0 aliphatic carbocycles. The van der Waals surface area contributed by atoms with Crippen molar-refractivity contribution in [3.8, 4) is 0 Å². The summed E-state index contributed by atoms with van der Waals surface area (Å²) >= 11 is 5.14. The van der Waals surface area contributed by atoms with Crippen molar-refractivity contribution in [1.29, 1.82) is 0 Å². The molecule has 0 unspecified atom stereocenters. The van der Waals surface area contributed by atoms with Crippen LogP contribution in [0.15, 0.2) is 62.2 Å². The van der Waals surface area contributed by atoms with Gasteiger partial charge in [0.1, 0.15) is 11.1 Å². The van der Waals surface area contributed by atoms with Gasteiger partial charge in [-0.2, -0.15) is 0 Å². The van der Waals surface area contributed by atoms with Crippen molar-refractivity contribution < 1.29 is 9.21 Å². The van der Waals surface area contributed by atoms with Gasteiger partial charge in [-0.25, -0.2) is 9.78 Å². The van der Waals surface area contributed by atoms with Gasteiger partial charge in [0.2, 0.25) is 0 Å². The largest absolute Gasteiger partial charge is 0.422 e. The molecule has 1 fully saturated rings. The first kappa shape index (κ1) is 18.3. The van der Waals surface area contributed by atoms with Gasteiger partial charge in [-0.1, -0.05) is 45.5 Å². The number of rotatable bonds is 2. The first-order valence-electron chi connectivity index (χ1n) is 9.22. The normalized spacial score (nSPS) is 14.7. The number of thiazole rings is 1. The van der Waals surface area contributed by atoms with Crippen molar-refractivity contribution >= 4 is 59.5 Å². The third kappa shape index (κ3) is 3.42. The average molecular weight is 470 g/mol. The van der Waals surface area contributed by atoms with Crippen LogP contribution in [0.25, 0.3) is 21.2 Å². The Balaban J connectivity index is 1.34. The average Bonchev–Trinajstić information content (AvgIpc) is 3.16. The number of hydrogen-bond acceptors (Lipinski definition) is 6. The molecular weight excluding hydrogens is 454 g/mol. The fourth-order valence-corrected chi connectivity index (χ4v) is 5.07. The van der Waals surface area contributed by atoms with Crippen molar-refractivity contribution in [2.75, 3.05) is 31.1 Å². The molecule has 1 amide bonds. The molecule has 6 nitrogen and oxygen atoms in total. The van der Waals surface area contributed by atoms with Gasteiger partial charge >= 0.3 is 5.63 Å². The van der Waals surface area contributed by atoms with Crippen molar-refractivity contribution in [3.63, 3.8) is 0 Å². The molecule has 2 aromatic heterocycles. The van der Waals surface area contributed by atoms with E-state index < -0.39 is 5.63 Å². The van der Waals surface area contributed by atoms with Crippen LogP contribution < -0.4 is 10.5 Å².